The maximum Gasteiger partial charge on any atom is 0.338 e. The number of aromatic carboxylic acids is 1. The van der Waals surface area contributed by atoms with Crippen LogP contribution in [-0.4, -0.2) is 51.9 Å². The van der Waals surface area contributed by atoms with Gasteiger partial charge < -0.3 is 14.7 Å². The number of hydrogen-bond acceptors (Lipinski definition) is 4. The number of methoxy groups -OCH3 is 1. The Morgan fingerprint density at radius 3 is 2.46 bits per heavy atom. The zero-order valence-corrected chi connectivity index (χ0v) is 16.4. The van der Waals surface area contributed by atoms with E-state index >= 15 is 0 Å². The minimum absolute atomic E-state index is 0.140. The molecule has 0 spiro atoms. The minimum Gasteiger partial charge on any atom is -0.497 e. The molecule has 1 atom stereocenters. The number of carboxylic acid groups (broad SMARTS) is 1. The van der Waals surface area contributed by atoms with E-state index in [4.69, 9.17) is 9.84 Å². The molecule has 0 saturated carbocycles. The number of carbonyl (C=O) groups excluding carboxylic acids is 1. The van der Waals surface area contributed by atoms with Gasteiger partial charge in [0, 0.05) is 25.7 Å². The highest BCUT2D eigenvalue weighted by Crippen LogP contribution is 2.28. The number of ether oxygens (including phenoxy) is 1. The van der Waals surface area contributed by atoms with Gasteiger partial charge in [0.15, 0.2) is 0 Å². The summed E-state index contributed by atoms with van der Waals surface area (Å²) in [5.41, 5.74) is 1.35. The molecular weight excluding hydrogens is 358 g/mol. The standard InChI is InChI=1S/C21H27N3O4/c1-3-15(16-4-6-19(28-2)7-5-16)12-20(25)23-10-8-18(9-11-23)24-14-17(13-22-24)21(26)27/h4-7,13-15,18H,3,8-12H2,1-2H3,(H,26,27). The van der Waals surface area contributed by atoms with Crippen LogP contribution in [0.1, 0.15) is 60.5 Å². The average molecular weight is 385 g/mol. The van der Waals surface area contributed by atoms with Crippen molar-refractivity contribution >= 4 is 11.9 Å². The first-order valence-corrected chi connectivity index (χ1v) is 9.71. The molecule has 1 saturated heterocycles. The van der Waals surface area contributed by atoms with Crippen molar-refractivity contribution in [2.24, 2.45) is 0 Å². The third-order valence-electron chi connectivity index (χ3n) is 5.54. The molecule has 2 heterocycles. The topological polar surface area (TPSA) is 84.7 Å². The summed E-state index contributed by atoms with van der Waals surface area (Å²) in [6.07, 6.45) is 5.91. The first kappa shape index (κ1) is 19.9. The second kappa shape index (κ2) is 8.91. The van der Waals surface area contributed by atoms with E-state index in [9.17, 15) is 9.59 Å². The SMILES string of the molecule is CCC(CC(=O)N1CCC(n2cc(C(=O)O)cn2)CC1)c1ccc(OC)cc1. The van der Waals surface area contributed by atoms with Crippen molar-refractivity contribution in [1.82, 2.24) is 14.7 Å². The maximum absolute atomic E-state index is 12.8. The van der Waals surface area contributed by atoms with Crippen molar-refractivity contribution < 1.29 is 19.4 Å². The number of carboxylic acids is 1. The van der Waals surface area contributed by atoms with Crippen molar-refractivity contribution in [3.05, 3.63) is 47.8 Å². The first-order valence-electron chi connectivity index (χ1n) is 9.71. The molecule has 28 heavy (non-hydrogen) atoms. The number of piperidine rings is 1. The molecular formula is C21H27N3O4. The Balaban J connectivity index is 1.55. The van der Waals surface area contributed by atoms with E-state index < -0.39 is 5.97 Å². The van der Waals surface area contributed by atoms with Gasteiger partial charge in [-0.05, 0) is 42.9 Å². The van der Waals surface area contributed by atoms with Gasteiger partial charge in [0.05, 0.1) is 24.9 Å². The Morgan fingerprint density at radius 2 is 1.93 bits per heavy atom. The zero-order valence-electron chi connectivity index (χ0n) is 16.4. The summed E-state index contributed by atoms with van der Waals surface area (Å²) in [5, 5.41) is 13.2. The van der Waals surface area contributed by atoms with Gasteiger partial charge in [-0.2, -0.15) is 5.10 Å². The van der Waals surface area contributed by atoms with Crippen molar-refractivity contribution in [2.45, 2.75) is 44.6 Å². The molecule has 3 rings (SSSR count). The zero-order chi connectivity index (χ0) is 20.1. The van der Waals surface area contributed by atoms with Crippen molar-refractivity contribution in [3.63, 3.8) is 0 Å². The molecule has 7 heteroatoms. The molecule has 1 fully saturated rings. The molecule has 1 aromatic carbocycles. The van der Waals surface area contributed by atoms with E-state index in [2.05, 4.69) is 12.0 Å². The van der Waals surface area contributed by atoms with Crippen LogP contribution in [-0.2, 0) is 4.79 Å². The Kier molecular flexibility index (Phi) is 6.34. The number of amides is 1. The number of nitrogens with zero attached hydrogens (tertiary/aromatic N) is 3. The first-order chi connectivity index (χ1) is 13.5. The van der Waals surface area contributed by atoms with Crippen LogP contribution in [0.5, 0.6) is 5.75 Å². The number of aromatic nitrogens is 2. The Hall–Kier alpha value is -2.83. The fourth-order valence-electron chi connectivity index (χ4n) is 3.74. The van der Waals surface area contributed by atoms with Crippen LogP contribution in [0.25, 0.3) is 0 Å². The normalized spacial score (nSPS) is 16.0. The summed E-state index contributed by atoms with van der Waals surface area (Å²) in [6, 6.07) is 8.07. The summed E-state index contributed by atoms with van der Waals surface area (Å²) >= 11 is 0. The molecule has 1 unspecified atom stereocenters. The van der Waals surface area contributed by atoms with Gasteiger partial charge in [0.25, 0.3) is 0 Å². The van der Waals surface area contributed by atoms with E-state index in [1.807, 2.05) is 29.2 Å². The highest BCUT2D eigenvalue weighted by Gasteiger charge is 2.26. The predicted octanol–water partition coefficient (Wildman–Crippen LogP) is 3.34. The summed E-state index contributed by atoms with van der Waals surface area (Å²) in [6.45, 7) is 3.45. The van der Waals surface area contributed by atoms with Crippen LogP contribution in [0, 0.1) is 0 Å². The molecule has 2 aromatic rings. The Labute approximate surface area is 164 Å². The van der Waals surface area contributed by atoms with Crippen LogP contribution >= 0.6 is 0 Å². The van der Waals surface area contributed by atoms with Crippen molar-refractivity contribution in [1.29, 1.82) is 0 Å². The van der Waals surface area contributed by atoms with Gasteiger partial charge in [0.1, 0.15) is 5.75 Å². The number of hydrogen-bond donors (Lipinski definition) is 1. The summed E-state index contributed by atoms with van der Waals surface area (Å²) in [4.78, 5) is 25.7. The lowest BCUT2D eigenvalue weighted by atomic mass is 9.92. The van der Waals surface area contributed by atoms with Crippen molar-refractivity contribution in [3.8, 4) is 5.75 Å². The molecule has 1 aliphatic heterocycles. The van der Waals surface area contributed by atoms with Gasteiger partial charge >= 0.3 is 5.97 Å². The number of carbonyl (C=O) groups is 2. The van der Waals surface area contributed by atoms with Crippen LogP contribution in [0.15, 0.2) is 36.7 Å². The minimum atomic E-state index is -0.969. The smallest absolute Gasteiger partial charge is 0.338 e. The van der Waals surface area contributed by atoms with Crippen molar-refractivity contribution in [2.75, 3.05) is 20.2 Å². The molecule has 1 amide bonds. The largest absolute Gasteiger partial charge is 0.497 e. The quantitative estimate of drug-likeness (QED) is 0.790. The van der Waals surface area contributed by atoms with Gasteiger partial charge in [-0.15, -0.1) is 0 Å². The van der Waals surface area contributed by atoms with Crippen LogP contribution in [0.2, 0.25) is 0 Å². The third-order valence-corrected chi connectivity index (χ3v) is 5.54. The molecule has 1 aliphatic rings. The van der Waals surface area contributed by atoms with E-state index in [-0.39, 0.29) is 23.4 Å². The Morgan fingerprint density at radius 1 is 1.25 bits per heavy atom. The van der Waals surface area contributed by atoms with E-state index in [1.54, 1.807) is 18.0 Å². The molecule has 0 aliphatic carbocycles. The van der Waals surface area contributed by atoms with Crippen LogP contribution in [0.4, 0.5) is 0 Å². The second-order valence-electron chi connectivity index (χ2n) is 7.21. The lowest BCUT2D eigenvalue weighted by Crippen LogP contribution is -2.39. The lowest BCUT2D eigenvalue weighted by molar-refractivity contribution is -0.133. The third kappa shape index (κ3) is 4.52. The van der Waals surface area contributed by atoms with E-state index in [0.717, 1.165) is 30.6 Å². The fourth-order valence-corrected chi connectivity index (χ4v) is 3.74. The van der Waals surface area contributed by atoms with Gasteiger partial charge in [0.2, 0.25) is 5.91 Å². The lowest BCUT2D eigenvalue weighted by Gasteiger charge is -2.33. The van der Waals surface area contributed by atoms with Gasteiger partial charge in [-0.1, -0.05) is 19.1 Å². The molecule has 1 aromatic heterocycles. The molecule has 1 N–H and O–H groups in total. The second-order valence-corrected chi connectivity index (χ2v) is 7.21. The maximum atomic E-state index is 12.8. The fraction of sp³-hybridized carbons (Fsp3) is 0.476. The van der Waals surface area contributed by atoms with E-state index in [0.29, 0.717) is 19.5 Å². The van der Waals surface area contributed by atoms with Gasteiger partial charge in [-0.3, -0.25) is 9.48 Å². The highest BCUT2D eigenvalue weighted by atomic mass is 16.5. The van der Waals surface area contributed by atoms with Crippen LogP contribution in [0.3, 0.4) is 0 Å². The number of likely N-dealkylation sites (tertiary alicyclic amines) is 1. The Bertz CT molecular complexity index is 807. The molecule has 0 radical (unpaired) electrons. The molecule has 7 nitrogen and oxygen atoms in total. The summed E-state index contributed by atoms with van der Waals surface area (Å²) < 4.78 is 6.92. The molecule has 0 bridgehead atoms. The average Bonchev–Trinajstić information content (AvgIpc) is 3.23. The highest BCUT2D eigenvalue weighted by molar-refractivity contribution is 5.86. The van der Waals surface area contributed by atoms with Gasteiger partial charge in [-0.25, -0.2) is 4.79 Å². The monoisotopic (exact) mass is 385 g/mol. The van der Waals surface area contributed by atoms with E-state index in [1.165, 1.54) is 6.20 Å². The number of rotatable bonds is 7. The predicted molar refractivity (Wildman–Crippen MR) is 105 cm³/mol. The van der Waals surface area contributed by atoms with Crippen LogP contribution < -0.4 is 4.74 Å². The molecule has 150 valence electrons. The summed E-state index contributed by atoms with van der Waals surface area (Å²) in [7, 11) is 1.64. The number of benzene rings is 1. The summed E-state index contributed by atoms with van der Waals surface area (Å²) in [5.74, 6) is 0.216.